The maximum Gasteiger partial charge on any atom is 0.168 e. The number of rotatable bonds is 4. The van der Waals surface area contributed by atoms with Crippen molar-refractivity contribution in [2.45, 2.75) is 12.8 Å². The van der Waals surface area contributed by atoms with E-state index in [1.165, 1.54) is 6.42 Å². The van der Waals surface area contributed by atoms with Crippen LogP contribution in [0.1, 0.15) is 12.8 Å². The molecule has 0 spiro atoms. The second-order valence-corrected chi connectivity index (χ2v) is 3.31. The fourth-order valence-electron chi connectivity index (χ4n) is 1.04. The van der Waals surface area contributed by atoms with Crippen molar-refractivity contribution in [3.05, 3.63) is 0 Å². The molecule has 12 heavy (non-hydrogen) atoms. The first-order chi connectivity index (χ1) is 5.84. The van der Waals surface area contributed by atoms with Gasteiger partial charge in [-0.1, -0.05) is 0 Å². The summed E-state index contributed by atoms with van der Waals surface area (Å²) in [5.41, 5.74) is 0. The van der Waals surface area contributed by atoms with Crippen LogP contribution >= 0.6 is 12.2 Å². The highest BCUT2D eigenvalue weighted by Crippen LogP contribution is 2.04. The first-order valence-corrected chi connectivity index (χ1v) is 4.77. The topological polar surface area (TPSA) is 24.5 Å². The van der Waals surface area contributed by atoms with E-state index in [1.54, 1.807) is 7.11 Å². The summed E-state index contributed by atoms with van der Waals surface area (Å²) in [6.07, 6.45) is 2.30. The van der Waals surface area contributed by atoms with Crippen LogP contribution in [0.25, 0.3) is 0 Å². The minimum atomic E-state index is 0.801. The molecule has 1 heterocycles. The molecule has 1 fully saturated rings. The van der Waals surface area contributed by atoms with E-state index in [4.69, 9.17) is 17.0 Å². The fraction of sp³-hybridized carbons (Fsp3) is 0.875. The van der Waals surface area contributed by atoms with E-state index in [0.29, 0.717) is 0 Å². The molecular weight excluding hydrogens is 172 g/mol. The Labute approximate surface area is 79.1 Å². The molecule has 0 saturated carbocycles. The Bertz CT molecular complexity index is 148. The van der Waals surface area contributed by atoms with Gasteiger partial charge in [0, 0.05) is 33.4 Å². The standard InChI is InChI=1S/C8H16N2OS/c1-11-7-2-4-9-8(12)10-5-3-6-10/h2-7H2,1H3,(H,9,12). The average Bonchev–Trinajstić information content (AvgIpc) is 1.95. The van der Waals surface area contributed by atoms with Crippen LogP contribution < -0.4 is 5.32 Å². The van der Waals surface area contributed by atoms with Crippen LogP contribution in [0.4, 0.5) is 0 Å². The van der Waals surface area contributed by atoms with Gasteiger partial charge >= 0.3 is 0 Å². The van der Waals surface area contributed by atoms with Crippen LogP contribution in [0.2, 0.25) is 0 Å². The number of methoxy groups -OCH3 is 1. The first kappa shape index (κ1) is 9.74. The second-order valence-electron chi connectivity index (χ2n) is 2.92. The lowest BCUT2D eigenvalue weighted by atomic mass is 10.2. The molecule has 0 aromatic carbocycles. The maximum absolute atomic E-state index is 5.15. The van der Waals surface area contributed by atoms with Crippen LogP contribution in [0, 0.1) is 0 Å². The van der Waals surface area contributed by atoms with E-state index in [9.17, 15) is 0 Å². The quantitative estimate of drug-likeness (QED) is 0.516. The second kappa shape index (κ2) is 5.32. The number of likely N-dealkylation sites (tertiary alicyclic amines) is 1. The Kier molecular flexibility index (Phi) is 4.32. The highest BCUT2D eigenvalue weighted by molar-refractivity contribution is 7.80. The Morgan fingerprint density at radius 1 is 1.58 bits per heavy atom. The van der Waals surface area contributed by atoms with Crippen LogP contribution in [0.5, 0.6) is 0 Å². The molecule has 0 aliphatic carbocycles. The molecule has 4 heteroatoms. The zero-order valence-electron chi connectivity index (χ0n) is 7.51. The average molecular weight is 188 g/mol. The van der Waals surface area contributed by atoms with Gasteiger partial charge in [-0.25, -0.2) is 0 Å². The van der Waals surface area contributed by atoms with Crippen molar-refractivity contribution in [2.75, 3.05) is 33.4 Å². The van der Waals surface area contributed by atoms with Crippen molar-refractivity contribution in [3.63, 3.8) is 0 Å². The van der Waals surface area contributed by atoms with Gasteiger partial charge in [-0.3, -0.25) is 0 Å². The third kappa shape index (κ3) is 2.95. The summed E-state index contributed by atoms with van der Waals surface area (Å²) < 4.78 is 4.93. The lowest BCUT2D eigenvalue weighted by molar-refractivity contribution is 0.195. The Balaban J connectivity index is 1.94. The van der Waals surface area contributed by atoms with Gasteiger partial charge in [-0.15, -0.1) is 0 Å². The summed E-state index contributed by atoms with van der Waals surface area (Å²) >= 11 is 5.15. The summed E-state index contributed by atoms with van der Waals surface area (Å²) in [5, 5.41) is 4.10. The number of thiocarbonyl (C=S) groups is 1. The van der Waals surface area contributed by atoms with E-state index in [1.807, 2.05) is 0 Å². The van der Waals surface area contributed by atoms with Crippen LogP contribution in [-0.4, -0.2) is 43.4 Å². The van der Waals surface area contributed by atoms with Crippen molar-refractivity contribution >= 4 is 17.3 Å². The molecule has 3 nitrogen and oxygen atoms in total. The lowest BCUT2D eigenvalue weighted by Crippen LogP contribution is -2.47. The first-order valence-electron chi connectivity index (χ1n) is 4.36. The third-order valence-electron chi connectivity index (χ3n) is 1.94. The summed E-state index contributed by atoms with van der Waals surface area (Å²) in [6, 6.07) is 0. The SMILES string of the molecule is COCCCNC(=S)N1CCC1. The minimum Gasteiger partial charge on any atom is -0.385 e. The number of hydrogen-bond acceptors (Lipinski definition) is 2. The molecule has 0 bridgehead atoms. The van der Waals surface area contributed by atoms with Crippen molar-refractivity contribution < 1.29 is 4.74 Å². The molecule has 1 rings (SSSR count). The maximum atomic E-state index is 5.15. The highest BCUT2D eigenvalue weighted by Gasteiger charge is 2.15. The molecular formula is C8H16N2OS. The normalized spacial score (nSPS) is 15.6. The smallest absolute Gasteiger partial charge is 0.168 e. The van der Waals surface area contributed by atoms with E-state index < -0.39 is 0 Å². The third-order valence-corrected chi connectivity index (χ3v) is 2.35. The van der Waals surface area contributed by atoms with Crippen LogP contribution in [-0.2, 0) is 4.74 Å². The van der Waals surface area contributed by atoms with E-state index in [-0.39, 0.29) is 0 Å². The molecule has 0 amide bonds. The van der Waals surface area contributed by atoms with Gasteiger partial charge in [0.05, 0.1) is 0 Å². The molecule has 1 aliphatic rings. The Morgan fingerprint density at radius 2 is 2.33 bits per heavy atom. The number of nitrogens with one attached hydrogen (secondary N) is 1. The van der Waals surface area contributed by atoms with Crippen LogP contribution in [0.15, 0.2) is 0 Å². The molecule has 70 valence electrons. The van der Waals surface area contributed by atoms with Crippen molar-refractivity contribution in [1.82, 2.24) is 10.2 Å². The predicted octanol–water partition coefficient (Wildman–Crippen LogP) is 0.603. The zero-order chi connectivity index (χ0) is 8.81. The monoisotopic (exact) mass is 188 g/mol. The number of ether oxygens (including phenoxy) is 1. The number of nitrogens with zero attached hydrogens (tertiary/aromatic N) is 1. The van der Waals surface area contributed by atoms with Crippen molar-refractivity contribution in [3.8, 4) is 0 Å². The van der Waals surface area contributed by atoms with Gasteiger partial charge in [0.15, 0.2) is 5.11 Å². The summed E-state index contributed by atoms with van der Waals surface area (Å²) in [6.45, 7) is 3.96. The van der Waals surface area contributed by atoms with Gasteiger partial charge in [-0.2, -0.15) is 0 Å². The molecule has 1 aliphatic heterocycles. The molecule has 0 radical (unpaired) electrons. The van der Waals surface area contributed by atoms with E-state index in [2.05, 4.69) is 10.2 Å². The molecule has 0 aromatic rings. The summed E-state index contributed by atoms with van der Waals surface area (Å²) in [4.78, 5) is 2.18. The molecule has 1 saturated heterocycles. The summed E-state index contributed by atoms with van der Waals surface area (Å²) in [7, 11) is 1.72. The van der Waals surface area contributed by atoms with Gasteiger partial charge < -0.3 is 15.0 Å². The van der Waals surface area contributed by atoms with E-state index in [0.717, 1.165) is 37.8 Å². The highest BCUT2D eigenvalue weighted by atomic mass is 32.1. The molecule has 0 atom stereocenters. The van der Waals surface area contributed by atoms with E-state index >= 15 is 0 Å². The predicted molar refractivity (Wildman–Crippen MR) is 53.3 cm³/mol. The lowest BCUT2D eigenvalue weighted by Gasteiger charge is -2.33. The Hall–Kier alpha value is -0.350. The van der Waals surface area contributed by atoms with Gasteiger partial charge in [0.1, 0.15) is 0 Å². The Morgan fingerprint density at radius 3 is 2.83 bits per heavy atom. The largest absolute Gasteiger partial charge is 0.385 e. The molecule has 0 unspecified atom stereocenters. The van der Waals surface area contributed by atoms with Crippen molar-refractivity contribution in [2.24, 2.45) is 0 Å². The zero-order valence-corrected chi connectivity index (χ0v) is 8.32. The van der Waals surface area contributed by atoms with Gasteiger partial charge in [0.25, 0.3) is 0 Å². The molecule has 0 aromatic heterocycles. The number of hydrogen-bond donors (Lipinski definition) is 1. The minimum absolute atomic E-state index is 0.801. The van der Waals surface area contributed by atoms with Gasteiger partial charge in [-0.05, 0) is 25.1 Å². The summed E-state index contributed by atoms with van der Waals surface area (Å²) in [5.74, 6) is 0. The fourth-order valence-corrected chi connectivity index (χ4v) is 1.33. The van der Waals surface area contributed by atoms with Gasteiger partial charge in [0.2, 0.25) is 0 Å². The van der Waals surface area contributed by atoms with Crippen molar-refractivity contribution in [1.29, 1.82) is 0 Å². The molecule has 1 N–H and O–H groups in total. The van der Waals surface area contributed by atoms with Crippen LogP contribution in [0.3, 0.4) is 0 Å².